The highest BCUT2D eigenvalue weighted by molar-refractivity contribution is 5.73. The van der Waals surface area contributed by atoms with Crippen LogP contribution in [0.1, 0.15) is 0 Å². The minimum atomic E-state index is -1.75. The van der Waals surface area contributed by atoms with Crippen molar-refractivity contribution in [2.24, 2.45) is 0 Å². The third kappa shape index (κ3) is 2.68. The van der Waals surface area contributed by atoms with Gasteiger partial charge in [0.05, 0.1) is 5.69 Å². The van der Waals surface area contributed by atoms with Crippen LogP contribution in [0.3, 0.4) is 0 Å². The summed E-state index contributed by atoms with van der Waals surface area (Å²) < 4.78 is 10.2. The molecule has 0 amide bonds. The van der Waals surface area contributed by atoms with Crippen LogP contribution in [-0.2, 0) is 9.53 Å². The Labute approximate surface area is 114 Å². The van der Waals surface area contributed by atoms with E-state index in [0.717, 1.165) is 0 Å². The van der Waals surface area contributed by atoms with Gasteiger partial charge in [-0.25, -0.2) is 4.79 Å². The van der Waals surface area contributed by atoms with Crippen LogP contribution in [-0.4, -0.2) is 57.1 Å². The Morgan fingerprint density at radius 1 is 1.15 bits per heavy atom. The summed E-state index contributed by atoms with van der Waals surface area (Å²) in [6, 6.07) is 6.34. The van der Waals surface area contributed by atoms with Gasteiger partial charge in [-0.05, 0) is 12.1 Å². The van der Waals surface area contributed by atoms with E-state index in [1.54, 1.807) is 18.2 Å². The van der Waals surface area contributed by atoms with Gasteiger partial charge in [-0.3, -0.25) is 0 Å². The van der Waals surface area contributed by atoms with Gasteiger partial charge in [0, 0.05) is 0 Å². The average Bonchev–Trinajstić information content (AvgIpc) is 2.41. The molecule has 0 spiro atoms. The molecule has 8 nitrogen and oxygen atoms in total. The number of aliphatic carboxylic acids is 1. The number of anilines is 1. The molecule has 0 aromatic heterocycles. The van der Waals surface area contributed by atoms with Crippen molar-refractivity contribution in [3.8, 4) is 5.75 Å². The molecule has 0 bridgehead atoms. The van der Waals surface area contributed by atoms with E-state index in [-0.39, 0.29) is 11.4 Å². The fourth-order valence-electron chi connectivity index (χ4n) is 1.86. The van der Waals surface area contributed by atoms with Gasteiger partial charge in [0.25, 0.3) is 0 Å². The van der Waals surface area contributed by atoms with Crippen molar-refractivity contribution in [1.82, 2.24) is 0 Å². The van der Waals surface area contributed by atoms with E-state index in [2.05, 4.69) is 0 Å². The molecule has 1 saturated heterocycles. The van der Waals surface area contributed by atoms with Gasteiger partial charge >= 0.3 is 5.97 Å². The predicted octanol–water partition coefficient (Wildman–Crippen LogP) is -1.46. The van der Waals surface area contributed by atoms with E-state index < -0.39 is 36.7 Å². The van der Waals surface area contributed by atoms with E-state index in [1.165, 1.54) is 6.07 Å². The van der Waals surface area contributed by atoms with Crippen molar-refractivity contribution in [2.75, 3.05) is 5.73 Å². The number of para-hydroxylation sites is 2. The van der Waals surface area contributed by atoms with E-state index in [0.29, 0.717) is 0 Å². The summed E-state index contributed by atoms with van der Waals surface area (Å²) in [5.74, 6) is -1.30. The lowest BCUT2D eigenvalue weighted by Crippen LogP contribution is -2.61. The van der Waals surface area contributed by atoms with Crippen molar-refractivity contribution in [1.29, 1.82) is 0 Å². The lowest BCUT2D eigenvalue weighted by Gasteiger charge is -2.38. The summed E-state index contributed by atoms with van der Waals surface area (Å²) in [7, 11) is 0. The molecule has 110 valence electrons. The number of carboxylic acids is 1. The molecule has 1 heterocycles. The molecule has 1 fully saturated rings. The van der Waals surface area contributed by atoms with E-state index >= 15 is 0 Å². The van der Waals surface area contributed by atoms with Gasteiger partial charge in [0.2, 0.25) is 6.29 Å². The maximum Gasteiger partial charge on any atom is 0.335 e. The molecule has 1 aromatic rings. The van der Waals surface area contributed by atoms with Gasteiger partial charge < -0.3 is 35.6 Å². The third-order valence-electron chi connectivity index (χ3n) is 2.98. The first-order chi connectivity index (χ1) is 9.41. The molecular formula is C12H15NO7. The van der Waals surface area contributed by atoms with E-state index in [9.17, 15) is 20.1 Å². The fourth-order valence-corrected chi connectivity index (χ4v) is 1.86. The number of nitrogen functional groups attached to an aromatic ring is 1. The Hall–Kier alpha value is -1.87. The number of nitrogens with two attached hydrogens (primary N) is 1. The van der Waals surface area contributed by atoms with Gasteiger partial charge in [-0.2, -0.15) is 0 Å². The van der Waals surface area contributed by atoms with Crippen molar-refractivity contribution >= 4 is 11.7 Å². The second kappa shape index (κ2) is 5.63. The topological polar surface area (TPSA) is 142 Å². The van der Waals surface area contributed by atoms with Gasteiger partial charge in [-0.1, -0.05) is 12.1 Å². The fraction of sp³-hybridized carbons (Fsp3) is 0.417. The number of benzene rings is 1. The van der Waals surface area contributed by atoms with Crippen LogP contribution in [0.4, 0.5) is 5.69 Å². The standard InChI is InChI=1S/C12H15NO7/c13-5-3-1-2-4-6(5)19-12-9(16)7(14)8(15)10(20-12)11(17)18/h1-4,7-10,12,14-16H,13H2,(H,17,18)/t7?,8-,9?,10?,12+/m0/s1. The van der Waals surface area contributed by atoms with Crippen LogP contribution in [0.5, 0.6) is 5.75 Å². The molecule has 0 saturated carbocycles. The molecule has 8 heteroatoms. The Morgan fingerprint density at radius 2 is 1.80 bits per heavy atom. The van der Waals surface area contributed by atoms with Crippen molar-refractivity contribution < 1.29 is 34.7 Å². The van der Waals surface area contributed by atoms with Crippen LogP contribution in [0.15, 0.2) is 24.3 Å². The van der Waals surface area contributed by atoms with Gasteiger partial charge in [0.15, 0.2) is 6.10 Å². The largest absolute Gasteiger partial charge is 0.479 e. The molecule has 0 aliphatic carbocycles. The maximum atomic E-state index is 10.9. The molecular weight excluding hydrogens is 270 g/mol. The number of ether oxygens (including phenoxy) is 2. The molecule has 1 aromatic carbocycles. The van der Waals surface area contributed by atoms with E-state index in [4.69, 9.17) is 20.3 Å². The molecule has 0 radical (unpaired) electrons. The highest BCUT2D eigenvalue weighted by Crippen LogP contribution is 2.27. The Kier molecular flexibility index (Phi) is 4.09. The second-order valence-electron chi connectivity index (χ2n) is 4.39. The van der Waals surface area contributed by atoms with Crippen LogP contribution >= 0.6 is 0 Å². The zero-order chi connectivity index (χ0) is 14.9. The zero-order valence-electron chi connectivity index (χ0n) is 10.3. The molecule has 2 rings (SSSR count). The number of carbonyl (C=O) groups is 1. The average molecular weight is 285 g/mol. The zero-order valence-corrected chi connectivity index (χ0v) is 10.3. The smallest absolute Gasteiger partial charge is 0.335 e. The first kappa shape index (κ1) is 14.5. The highest BCUT2D eigenvalue weighted by Gasteiger charge is 2.48. The summed E-state index contributed by atoms with van der Waals surface area (Å²) in [4.78, 5) is 10.9. The Balaban J connectivity index is 2.18. The minimum Gasteiger partial charge on any atom is -0.479 e. The first-order valence-corrected chi connectivity index (χ1v) is 5.85. The lowest BCUT2D eigenvalue weighted by atomic mass is 9.99. The number of aliphatic hydroxyl groups is 3. The van der Waals surface area contributed by atoms with Crippen LogP contribution in [0.25, 0.3) is 0 Å². The summed E-state index contributed by atoms with van der Waals surface area (Å²) in [6.07, 6.45) is -8.24. The second-order valence-corrected chi connectivity index (χ2v) is 4.39. The first-order valence-electron chi connectivity index (χ1n) is 5.85. The van der Waals surface area contributed by atoms with Crippen LogP contribution in [0, 0.1) is 0 Å². The van der Waals surface area contributed by atoms with Crippen molar-refractivity contribution in [2.45, 2.75) is 30.7 Å². The number of hydrogen-bond acceptors (Lipinski definition) is 7. The summed E-state index contributed by atoms with van der Waals surface area (Å²) in [5.41, 5.74) is 5.91. The summed E-state index contributed by atoms with van der Waals surface area (Å²) in [5, 5.41) is 37.8. The number of rotatable bonds is 3. The number of hydrogen-bond donors (Lipinski definition) is 5. The summed E-state index contributed by atoms with van der Waals surface area (Å²) >= 11 is 0. The normalized spacial score (nSPS) is 33.6. The quantitative estimate of drug-likeness (QED) is 0.424. The number of carboxylic acid groups (broad SMARTS) is 1. The predicted molar refractivity (Wildman–Crippen MR) is 65.8 cm³/mol. The van der Waals surface area contributed by atoms with Crippen LogP contribution < -0.4 is 10.5 Å². The molecule has 6 N–H and O–H groups in total. The number of aliphatic hydroxyl groups excluding tert-OH is 3. The monoisotopic (exact) mass is 285 g/mol. The lowest BCUT2D eigenvalue weighted by molar-refractivity contribution is -0.271. The molecule has 1 aliphatic heterocycles. The van der Waals surface area contributed by atoms with E-state index in [1.807, 2.05) is 0 Å². The summed E-state index contributed by atoms with van der Waals surface area (Å²) in [6.45, 7) is 0. The maximum absolute atomic E-state index is 10.9. The molecule has 3 unspecified atom stereocenters. The van der Waals surface area contributed by atoms with Gasteiger partial charge in [0.1, 0.15) is 24.1 Å². The third-order valence-corrected chi connectivity index (χ3v) is 2.98. The minimum absolute atomic E-state index is 0.171. The van der Waals surface area contributed by atoms with Crippen molar-refractivity contribution in [3.63, 3.8) is 0 Å². The van der Waals surface area contributed by atoms with Crippen LogP contribution in [0.2, 0.25) is 0 Å². The Bertz CT molecular complexity index is 494. The molecule has 5 atom stereocenters. The van der Waals surface area contributed by atoms with Crippen molar-refractivity contribution in [3.05, 3.63) is 24.3 Å². The highest BCUT2D eigenvalue weighted by atomic mass is 16.7. The molecule has 1 aliphatic rings. The van der Waals surface area contributed by atoms with Gasteiger partial charge in [-0.15, -0.1) is 0 Å². The molecule has 20 heavy (non-hydrogen) atoms. The SMILES string of the molecule is Nc1ccccc1O[C@@H]1OC(C(=O)O)[C@@H](O)C(O)C1O. The Morgan fingerprint density at radius 3 is 2.40 bits per heavy atom.